The van der Waals surface area contributed by atoms with Crippen LogP contribution in [-0.4, -0.2) is 0 Å². The molecule has 7 aromatic carbocycles. The summed E-state index contributed by atoms with van der Waals surface area (Å²) >= 11 is 0. The van der Waals surface area contributed by atoms with Gasteiger partial charge in [0.05, 0.1) is 15.1 Å². The van der Waals surface area contributed by atoms with E-state index in [4.69, 9.17) is 19.5 Å². The monoisotopic (exact) mass is 507 g/mol. The van der Waals surface area contributed by atoms with Gasteiger partial charge in [-0.1, -0.05) is 139 Å². The fraction of sp³-hybridized carbons (Fsp3) is 0. The largest absolute Gasteiger partial charge is 0.455 e. The van der Waals surface area contributed by atoms with Crippen molar-refractivity contribution in [1.82, 2.24) is 0 Å². The van der Waals surface area contributed by atoms with E-state index in [1.54, 1.807) is 48.5 Å². The van der Waals surface area contributed by atoms with Gasteiger partial charge in [0.15, 0.2) is 0 Å². The molecule has 1 heteroatoms. The number of benzene rings is 7. The van der Waals surface area contributed by atoms with Gasteiger partial charge in [-0.3, -0.25) is 0 Å². The molecule has 8 rings (SSSR count). The summed E-state index contributed by atoms with van der Waals surface area (Å²) < 4.78 is 99.4. The molecular formula is C38H24O. The Morgan fingerprint density at radius 2 is 0.949 bits per heavy atom. The first-order valence-corrected chi connectivity index (χ1v) is 12.4. The molecule has 1 nitrogen and oxygen atoms in total. The van der Waals surface area contributed by atoms with Crippen molar-refractivity contribution >= 4 is 43.5 Å². The molecule has 0 aliphatic heterocycles. The molecule has 182 valence electrons. The summed E-state index contributed by atoms with van der Waals surface area (Å²) in [7, 11) is 0. The Bertz CT molecular complexity index is 2680. The Morgan fingerprint density at radius 1 is 0.410 bits per heavy atom. The Balaban J connectivity index is 1.43. The number of hydrogen-bond donors (Lipinski definition) is 0. The van der Waals surface area contributed by atoms with Crippen LogP contribution in [0, 0.1) is 0 Å². The van der Waals surface area contributed by atoms with Gasteiger partial charge in [0.2, 0.25) is 0 Å². The highest BCUT2D eigenvalue weighted by Crippen LogP contribution is 2.44. The zero-order valence-corrected chi connectivity index (χ0v) is 20.4. The first-order chi connectivity index (χ1) is 23.9. The molecule has 0 fully saturated rings. The van der Waals surface area contributed by atoms with E-state index in [1.165, 1.54) is 0 Å². The van der Waals surface area contributed by atoms with Gasteiger partial charge in [0.25, 0.3) is 0 Å². The summed E-state index contributed by atoms with van der Waals surface area (Å²) in [6.45, 7) is 0. The fourth-order valence-electron chi connectivity index (χ4n) is 5.45. The first-order valence-electron chi connectivity index (χ1n) is 17.9. The average Bonchev–Trinajstić information content (AvgIpc) is 3.51. The molecule has 1 aromatic heterocycles. The SMILES string of the molecule is [2H]c1cc2c(-c3ccccc3)c3cc([2H])c([2H])cc3c(-c3ccc(-c4c([2H])c([2H])c([2H])c5c4oc4c([2H])c([2H])c([2H])c([2H])c45)cc3)c2cc1[2H]. The lowest BCUT2D eigenvalue weighted by Crippen LogP contribution is -1.90. The maximum Gasteiger partial charge on any atom is 0.143 e. The maximum absolute atomic E-state index is 8.83. The predicted octanol–water partition coefficient (Wildman–Crippen LogP) is 10.9. The third-order valence-corrected chi connectivity index (χ3v) is 7.15. The number of fused-ring (bicyclic) bond motifs is 5. The van der Waals surface area contributed by atoms with Gasteiger partial charge in [0, 0.05) is 16.3 Å². The minimum Gasteiger partial charge on any atom is -0.455 e. The van der Waals surface area contributed by atoms with Crippen LogP contribution in [0.5, 0.6) is 0 Å². The highest BCUT2D eigenvalue weighted by atomic mass is 16.3. The third kappa shape index (κ3) is 3.41. The van der Waals surface area contributed by atoms with E-state index < -0.39 is 30.2 Å². The van der Waals surface area contributed by atoms with E-state index in [9.17, 15) is 0 Å². The second kappa shape index (κ2) is 8.72. The standard InChI is InChI=1S/C38H24O/c1-2-11-26(12-3-1)36-30-14-4-6-16-32(30)37(33-17-7-5-15-31(33)36)27-23-21-25(22-24-27)28-18-10-19-34-29-13-8-9-20-35(29)39-38(28)34/h1-24H/i4D,5D,6D,7D,8D,9D,10D,13D,18D,19D,20D. The van der Waals surface area contributed by atoms with Crippen molar-refractivity contribution in [2.24, 2.45) is 0 Å². The Hall–Kier alpha value is -5.14. The van der Waals surface area contributed by atoms with Crippen LogP contribution < -0.4 is 0 Å². The van der Waals surface area contributed by atoms with E-state index >= 15 is 0 Å². The van der Waals surface area contributed by atoms with E-state index in [1.807, 2.05) is 30.3 Å². The molecule has 0 radical (unpaired) electrons. The number of para-hydroxylation sites is 2. The second-order valence-electron chi connectivity index (χ2n) is 9.26. The number of rotatable bonds is 3. The van der Waals surface area contributed by atoms with Crippen molar-refractivity contribution in [2.45, 2.75) is 0 Å². The van der Waals surface area contributed by atoms with E-state index in [-0.39, 0.29) is 63.8 Å². The predicted molar refractivity (Wildman–Crippen MR) is 165 cm³/mol. The second-order valence-corrected chi connectivity index (χ2v) is 9.26. The van der Waals surface area contributed by atoms with Gasteiger partial charge >= 0.3 is 0 Å². The summed E-state index contributed by atoms with van der Waals surface area (Å²) in [5.74, 6) is 0. The van der Waals surface area contributed by atoms with Gasteiger partial charge < -0.3 is 4.42 Å². The molecule has 0 amide bonds. The maximum atomic E-state index is 8.83. The van der Waals surface area contributed by atoms with Crippen molar-refractivity contribution in [3.8, 4) is 33.4 Å². The lowest BCUT2D eigenvalue weighted by atomic mass is 9.86. The van der Waals surface area contributed by atoms with Crippen LogP contribution in [0.2, 0.25) is 0 Å². The first kappa shape index (κ1) is 13.6. The molecule has 39 heavy (non-hydrogen) atoms. The fourth-order valence-corrected chi connectivity index (χ4v) is 5.45. The average molecular weight is 508 g/mol. The highest BCUT2D eigenvalue weighted by molar-refractivity contribution is 6.21. The van der Waals surface area contributed by atoms with Crippen LogP contribution in [0.25, 0.3) is 76.9 Å². The molecule has 8 aromatic rings. The Kier molecular flexibility index (Phi) is 3.04. The molecule has 0 bridgehead atoms. The van der Waals surface area contributed by atoms with Crippen molar-refractivity contribution in [1.29, 1.82) is 0 Å². The smallest absolute Gasteiger partial charge is 0.143 e. The molecule has 0 saturated carbocycles. The molecule has 0 unspecified atom stereocenters. The molecule has 0 atom stereocenters. The number of furan rings is 1. The van der Waals surface area contributed by atoms with Crippen LogP contribution in [0.1, 0.15) is 15.1 Å². The summed E-state index contributed by atoms with van der Waals surface area (Å²) in [4.78, 5) is 0. The normalized spacial score (nSPS) is 15.5. The van der Waals surface area contributed by atoms with Crippen molar-refractivity contribution in [2.75, 3.05) is 0 Å². The van der Waals surface area contributed by atoms with Crippen molar-refractivity contribution in [3.05, 3.63) is 145 Å². The van der Waals surface area contributed by atoms with Crippen molar-refractivity contribution < 1.29 is 19.5 Å². The van der Waals surface area contributed by atoms with Crippen LogP contribution in [0.15, 0.2) is 150 Å². The summed E-state index contributed by atoms with van der Waals surface area (Å²) in [5.41, 5.74) is 3.50. The summed E-state index contributed by atoms with van der Waals surface area (Å²) in [6.07, 6.45) is 0. The molecule has 0 N–H and O–H groups in total. The van der Waals surface area contributed by atoms with E-state index in [2.05, 4.69) is 0 Å². The lowest BCUT2D eigenvalue weighted by molar-refractivity contribution is 0.670. The zero-order chi connectivity index (χ0) is 35.3. The van der Waals surface area contributed by atoms with E-state index in [0.29, 0.717) is 38.2 Å². The van der Waals surface area contributed by atoms with Crippen LogP contribution in [-0.2, 0) is 0 Å². The minimum absolute atomic E-state index is 0.0116. The van der Waals surface area contributed by atoms with Gasteiger partial charge in [-0.2, -0.15) is 0 Å². The van der Waals surface area contributed by atoms with E-state index in [0.717, 1.165) is 11.1 Å². The quantitative estimate of drug-likeness (QED) is 0.217. The molecular weight excluding hydrogens is 472 g/mol. The third-order valence-electron chi connectivity index (χ3n) is 7.15. The van der Waals surface area contributed by atoms with Crippen LogP contribution in [0.3, 0.4) is 0 Å². The van der Waals surface area contributed by atoms with Crippen LogP contribution in [0.4, 0.5) is 0 Å². The van der Waals surface area contributed by atoms with Gasteiger partial charge in [-0.05, 0) is 55.4 Å². The Labute approximate surface area is 242 Å². The highest BCUT2D eigenvalue weighted by Gasteiger charge is 2.17. The topological polar surface area (TPSA) is 13.1 Å². The molecule has 0 spiro atoms. The molecule has 1 heterocycles. The lowest BCUT2D eigenvalue weighted by Gasteiger charge is -2.18. The Morgan fingerprint density at radius 3 is 1.59 bits per heavy atom. The molecule has 0 aliphatic carbocycles. The summed E-state index contributed by atoms with van der Waals surface area (Å²) in [5, 5.41) is 2.80. The van der Waals surface area contributed by atoms with Gasteiger partial charge in [0.1, 0.15) is 11.2 Å². The van der Waals surface area contributed by atoms with Crippen LogP contribution >= 0.6 is 0 Å². The molecule has 0 aliphatic rings. The number of hydrogen-bond acceptors (Lipinski definition) is 1. The van der Waals surface area contributed by atoms with Gasteiger partial charge in [-0.15, -0.1) is 0 Å². The zero-order valence-electron chi connectivity index (χ0n) is 31.4. The van der Waals surface area contributed by atoms with Crippen molar-refractivity contribution in [3.63, 3.8) is 0 Å². The van der Waals surface area contributed by atoms with Gasteiger partial charge in [-0.25, -0.2) is 0 Å². The minimum atomic E-state index is -0.490. The summed E-state index contributed by atoms with van der Waals surface area (Å²) in [6, 6.07) is 20.5. The molecule has 0 saturated heterocycles.